The summed E-state index contributed by atoms with van der Waals surface area (Å²) in [5, 5.41) is 8.93. The second-order valence-electron chi connectivity index (χ2n) is 5.65. The first-order valence-corrected chi connectivity index (χ1v) is 7.52. The molecular weight excluding hydrogens is 276 g/mol. The lowest BCUT2D eigenvalue weighted by molar-refractivity contribution is 0.251. The van der Waals surface area contributed by atoms with Crippen molar-refractivity contribution in [2.75, 3.05) is 10.6 Å². The number of hydrogen-bond acceptors (Lipinski definition) is 3. The average Bonchev–Trinajstić information content (AvgIpc) is 3.30. The van der Waals surface area contributed by atoms with Crippen molar-refractivity contribution in [2.24, 2.45) is 0 Å². The summed E-state index contributed by atoms with van der Waals surface area (Å²) in [4.78, 5) is 15.9. The van der Waals surface area contributed by atoms with Crippen LogP contribution in [-0.4, -0.2) is 17.1 Å². The zero-order chi connectivity index (χ0) is 15.4. The van der Waals surface area contributed by atoms with Crippen LogP contribution in [0.4, 0.5) is 16.3 Å². The molecule has 3 rings (SSSR count). The van der Waals surface area contributed by atoms with E-state index in [4.69, 9.17) is 0 Å². The number of anilines is 2. The molecule has 1 aliphatic rings. The van der Waals surface area contributed by atoms with Crippen molar-refractivity contribution < 1.29 is 4.79 Å². The molecule has 114 valence electrons. The molecule has 5 heteroatoms. The summed E-state index contributed by atoms with van der Waals surface area (Å²) in [6, 6.07) is 12.2. The Balaban J connectivity index is 1.51. The van der Waals surface area contributed by atoms with Gasteiger partial charge in [-0.2, -0.15) is 0 Å². The van der Waals surface area contributed by atoms with Crippen LogP contribution in [0.25, 0.3) is 0 Å². The van der Waals surface area contributed by atoms with Gasteiger partial charge in [-0.3, -0.25) is 0 Å². The molecule has 3 N–H and O–H groups in total. The van der Waals surface area contributed by atoms with E-state index < -0.39 is 0 Å². The van der Waals surface area contributed by atoms with E-state index in [1.807, 2.05) is 18.2 Å². The Morgan fingerprint density at radius 1 is 1.27 bits per heavy atom. The number of aromatic nitrogens is 1. The maximum Gasteiger partial charge on any atom is 0.319 e. The Hall–Kier alpha value is -2.56. The van der Waals surface area contributed by atoms with Crippen LogP contribution in [0, 0.1) is 6.92 Å². The summed E-state index contributed by atoms with van der Waals surface area (Å²) in [5.74, 6) is 0.787. The zero-order valence-electron chi connectivity index (χ0n) is 12.6. The van der Waals surface area contributed by atoms with Gasteiger partial charge in [0, 0.05) is 12.6 Å². The summed E-state index contributed by atoms with van der Waals surface area (Å²) >= 11 is 0. The van der Waals surface area contributed by atoms with Crippen LogP contribution in [0.5, 0.6) is 0 Å². The Morgan fingerprint density at radius 2 is 2.14 bits per heavy atom. The summed E-state index contributed by atoms with van der Waals surface area (Å²) in [6.45, 7) is 2.80. The number of nitrogens with zero attached hydrogens (tertiary/aromatic N) is 1. The molecule has 2 amide bonds. The maximum absolute atomic E-state index is 11.6. The van der Waals surface area contributed by atoms with Gasteiger partial charge in [-0.15, -0.1) is 0 Å². The van der Waals surface area contributed by atoms with Gasteiger partial charge in [0.15, 0.2) is 0 Å². The van der Waals surface area contributed by atoms with E-state index >= 15 is 0 Å². The molecule has 0 spiro atoms. The number of hydrogen-bond donors (Lipinski definition) is 3. The number of rotatable bonds is 5. The molecule has 0 bridgehead atoms. The number of aryl methyl sites for hydroxylation is 1. The van der Waals surface area contributed by atoms with Gasteiger partial charge in [-0.1, -0.05) is 29.8 Å². The van der Waals surface area contributed by atoms with Gasteiger partial charge < -0.3 is 16.0 Å². The predicted molar refractivity (Wildman–Crippen MR) is 87.9 cm³/mol. The van der Waals surface area contributed by atoms with Crippen LogP contribution in [-0.2, 0) is 6.54 Å². The summed E-state index contributed by atoms with van der Waals surface area (Å²) in [6.07, 6.45) is 3.81. The van der Waals surface area contributed by atoms with E-state index in [-0.39, 0.29) is 6.03 Å². The van der Waals surface area contributed by atoms with Crippen molar-refractivity contribution in [1.29, 1.82) is 0 Å². The van der Waals surface area contributed by atoms with Crippen LogP contribution >= 0.6 is 0 Å². The first kappa shape index (κ1) is 14.4. The Morgan fingerprint density at radius 3 is 2.82 bits per heavy atom. The Labute approximate surface area is 130 Å². The summed E-state index contributed by atoms with van der Waals surface area (Å²) in [5.41, 5.74) is 3.15. The molecule has 0 saturated heterocycles. The van der Waals surface area contributed by atoms with Crippen molar-refractivity contribution >= 4 is 17.5 Å². The van der Waals surface area contributed by atoms with E-state index in [1.165, 1.54) is 11.1 Å². The second-order valence-corrected chi connectivity index (χ2v) is 5.65. The number of benzene rings is 1. The van der Waals surface area contributed by atoms with Gasteiger partial charge >= 0.3 is 6.03 Å². The van der Waals surface area contributed by atoms with Crippen LogP contribution in [0.2, 0.25) is 0 Å². The molecule has 1 fully saturated rings. The van der Waals surface area contributed by atoms with Gasteiger partial charge in [0.1, 0.15) is 5.82 Å². The van der Waals surface area contributed by atoms with Crippen LogP contribution in [0.3, 0.4) is 0 Å². The highest BCUT2D eigenvalue weighted by Gasteiger charge is 2.23. The van der Waals surface area contributed by atoms with Gasteiger partial charge in [-0.05, 0) is 37.5 Å². The molecule has 0 aliphatic heterocycles. The summed E-state index contributed by atoms with van der Waals surface area (Å²) < 4.78 is 0. The van der Waals surface area contributed by atoms with Gasteiger partial charge in [0.2, 0.25) is 0 Å². The Bertz CT molecular complexity index is 650. The monoisotopic (exact) mass is 296 g/mol. The molecule has 2 aromatic rings. The van der Waals surface area contributed by atoms with Crippen molar-refractivity contribution in [2.45, 2.75) is 32.4 Å². The van der Waals surface area contributed by atoms with Crippen LogP contribution in [0.15, 0.2) is 42.6 Å². The number of carbonyl (C=O) groups is 1. The molecule has 1 aliphatic carbocycles. The van der Waals surface area contributed by atoms with Crippen molar-refractivity contribution in [1.82, 2.24) is 10.3 Å². The Kier molecular flexibility index (Phi) is 4.23. The fraction of sp³-hybridized carbons (Fsp3) is 0.294. The molecule has 1 heterocycles. The molecular formula is C17H20N4O. The molecule has 0 atom stereocenters. The second kappa shape index (κ2) is 6.47. The molecule has 1 aromatic heterocycles. The van der Waals surface area contributed by atoms with E-state index in [0.29, 0.717) is 11.7 Å². The average molecular weight is 296 g/mol. The van der Waals surface area contributed by atoms with Gasteiger partial charge in [0.05, 0.1) is 11.9 Å². The third-order valence-corrected chi connectivity index (χ3v) is 3.49. The van der Waals surface area contributed by atoms with E-state index in [1.54, 1.807) is 6.20 Å². The number of urea groups is 1. The zero-order valence-corrected chi connectivity index (χ0v) is 12.6. The van der Waals surface area contributed by atoms with E-state index in [0.717, 1.165) is 25.2 Å². The molecule has 0 radical (unpaired) electrons. The highest BCUT2D eigenvalue weighted by Crippen LogP contribution is 2.19. The number of carbonyl (C=O) groups excluding carboxylic acids is 1. The maximum atomic E-state index is 11.6. The van der Waals surface area contributed by atoms with Crippen molar-refractivity contribution in [3.05, 3.63) is 53.7 Å². The van der Waals surface area contributed by atoms with E-state index in [2.05, 4.69) is 46.1 Å². The molecule has 0 unspecified atom stereocenters. The minimum Gasteiger partial charge on any atom is -0.366 e. The topological polar surface area (TPSA) is 66.0 Å². The first-order chi connectivity index (χ1) is 10.7. The third kappa shape index (κ3) is 4.22. The minimum absolute atomic E-state index is 0.162. The lowest BCUT2D eigenvalue weighted by Gasteiger charge is -2.09. The fourth-order valence-corrected chi connectivity index (χ4v) is 2.17. The van der Waals surface area contributed by atoms with Gasteiger partial charge in [-0.25, -0.2) is 9.78 Å². The van der Waals surface area contributed by atoms with Crippen LogP contribution in [0.1, 0.15) is 24.0 Å². The lowest BCUT2D eigenvalue weighted by Crippen LogP contribution is -2.30. The normalized spacial score (nSPS) is 13.5. The largest absolute Gasteiger partial charge is 0.366 e. The SMILES string of the molecule is Cc1cccc(CNc2ccc(NC(=O)NC3CC3)cn2)c1. The number of pyridine rings is 1. The smallest absolute Gasteiger partial charge is 0.319 e. The highest BCUT2D eigenvalue weighted by atomic mass is 16.2. The minimum atomic E-state index is -0.162. The molecule has 22 heavy (non-hydrogen) atoms. The molecule has 1 saturated carbocycles. The lowest BCUT2D eigenvalue weighted by atomic mass is 10.1. The third-order valence-electron chi connectivity index (χ3n) is 3.49. The molecule has 1 aromatic carbocycles. The quantitative estimate of drug-likeness (QED) is 0.793. The number of amides is 2. The van der Waals surface area contributed by atoms with Crippen molar-refractivity contribution in [3.63, 3.8) is 0 Å². The fourth-order valence-electron chi connectivity index (χ4n) is 2.17. The van der Waals surface area contributed by atoms with Gasteiger partial charge in [0.25, 0.3) is 0 Å². The van der Waals surface area contributed by atoms with Crippen LogP contribution < -0.4 is 16.0 Å². The summed E-state index contributed by atoms with van der Waals surface area (Å²) in [7, 11) is 0. The predicted octanol–water partition coefficient (Wildman–Crippen LogP) is 3.29. The molecule has 5 nitrogen and oxygen atoms in total. The number of nitrogens with one attached hydrogen (secondary N) is 3. The van der Waals surface area contributed by atoms with E-state index in [9.17, 15) is 4.79 Å². The standard InChI is InChI=1S/C17H20N4O/c1-12-3-2-4-13(9-12)10-18-16-8-7-15(11-19-16)21-17(22)20-14-5-6-14/h2-4,7-9,11,14H,5-6,10H2,1H3,(H,18,19)(H2,20,21,22). The highest BCUT2D eigenvalue weighted by molar-refractivity contribution is 5.89. The van der Waals surface area contributed by atoms with Crippen molar-refractivity contribution in [3.8, 4) is 0 Å². The first-order valence-electron chi connectivity index (χ1n) is 7.52.